The van der Waals surface area contributed by atoms with E-state index in [9.17, 15) is 0 Å². The van der Waals surface area contributed by atoms with Crippen molar-refractivity contribution in [1.82, 2.24) is 5.32 Å². The van der Waals surface area contributed by atoms with E-state index in [0.717, 1.165) is 13.0 Å². The molecule has 1 saturated heterocycles. The molecule has 4 nitrogen and oxygen atoms in total. The van der Waals surface area contributed by atoms with E-state index in [2.05, 4.69) is 19.2 Å². The standard InChI is InChI=1S/C14H25N3O.HI/c1-14(2)11(10-7-8-18-12(10)14)17-13(15)16-9-5-3-4-6-9;/h9-12H,3-8H2,1-2H3,(H3,15,16,17);1H. The minimum Gasteiger partial charge on any atom is -0.377 e. The molecule has 2 saturated carbocycles. The molecule has 3 atom stereocenters. The third-order valence-electron chi connectivity index (χ3n) is 5.02. The molecule has 5 heteroatoms. The smallest absolute Gasteiger partial charge is 0.189 e. The number of nitrogens with two attached hydrogens (primary N) is 1. The molecular weight excluding hydrogens is 353 g/mol. The first-order chi connectivity index (χ1) is 8.59. The molecule has 0 aromatic heterocycles. The Morgan fingerprint density at radius 1 is 1.26 bits per heavy atom. The maximum atomic E-state index is 6.07. The number of halogens is 1. The van der Waals surface area contributed by atoms with Gasteiger partial charge in [0, 0.05) is 24.0 Å². The number of fused-ring (bicyclic) bond motifs is 1. The van der Waals surface area contributed by atoms with Crippen LogP contribution in [0.4, 0.5) is 0 Å². The third kappa shape index (κ3) is 2.73. The maximum absolute atomic E-state index is 6.07. The molecule has 3 rings (SSSR count). The highest BCUT2D eigenvalue weighted by molar-refractivity contribution is 14.0. The van der Waals surface area contributed by atoms with E-state index in [-0.39, 0.29) is 29.4 Å². The molecule has 0 spiro atoms. The highest BCUT2D eigenvalue weighted by Gasteiger charge is 2.59. The number of nitrogens with zero attached hydrogens (tertiary/aromatic N) is 1. The van der Waals surface area contributed by atoms with Gasteiger partial charge in [0.2, 0.25) is 0 Å². The minimum atomic E-state index is 0. The molecule has 3 N–H and O–H groups in total. The average molecular weight is 379 g/mol. The molecular formula is C14H26IN3O. The van der Waals surface area contributed by atoms with Gasteiger partial charge in [-0.2, -0.15) is 0 Å². The topological polar surface area (TPSA) is 59.6 Å². The van der Waals surface area contributed by atoms with Gasteiger partial charge in [-0.1, -0.05) is 26.7 Å². The van der Waals surface area contributed by atoms with Gasteiger partial charge in [0.25, 0.3) is 0 Å². The Morgan fingerprint density at radius 2 is 1.95 bits per heavy atom. The zero-order valence-corrected chi connectivity index (χ0v) is 14.2. The highest BCUT2D eigenvalue weighted by Crippen LogP contribution is 2.53. The fourth-order valence-corrected chi connectivity index (χ4v) is 4.03. The first-order valence-corrected chi connectivity index (χ1v) is 7.30. The summed E-state index contributed by atoms with van der Waals surface area (Å²) in [5.74, 6) is 1.23. The predicted octanol–water partition coefficient (Wildman–Crippen LogP) is 2.26. The first-order valence-electron chi connectivity index (χ1n) is 7.30. The van der Waals surface area contributed by atoms with Gasteiger partial charge in [-0.15, -0.1) is 24.0 Å². The Balaban J connectivity index is 0.00000133. The summed E-state index contributed by atoms with van der Waals surface area (Å²) in [6, 6.07) is 0.881. The summed E-state index contributed by atoms with van der Waals surface area (Å²) in [5.41, 5.74) is 6.21. The van der Waals surface area contributed by atoms with Crippen LogP contribution in [0.3, 0.4) is 0 Å². The molecule has 0 bridgehead atoms. The van der Waals surface area contributed by atoms with Gasteiger partial charge in [-0.3, -0.25) is 0 Å². The summed E-state index contributed by atoms with van der Waals surface area (Å²) < 4.78 is 5.78. The largest absolute Gasteiger partial charge is 0.377 e. The second-order valence-electron chi connectivity index (χ2n) is 6.65. The molecule has 0 amide bonds. The Morgan fingerprint density at radius 3 is 2.63 bits per heavy atom. The van der Waals surface area contributed by atoms with Crippen molar-refractivity contribution in [1.29, 1.82) is 0 Å². The van der Waals surface area contributed by atoms with Crippen LogP contribution in [0, 0.1) is 11.3 Å². The predicted molar refractivity (Wildman–Crippen MR) is 87.8 cm³/mol. The van der Waals surface area contributed by atoms with E-state index in [4.69, 9.17) is 15.5 Å². The van der Waals surface area contributed by atoms with Crippen molar-refractivity contribution in [2.24, 2.45) is 22.1 Å². The molecule has 1 heterocycles. The van der Waals surface area contributed by atoms with Crippen molar-refractivity contribution in [3.05, 3.63) is 0 Å². The number of nitrogens with one attached hydrogen (secondary N) is 1. The van der Waals surface area contributed by atoms with Crippen LogP contribution in [-0.4, -0.2) is 30.8 Å². The molecule has 0 aromatic carbocycles. The van der Waals surface area contributed by atoms with Gasteiger partial charge in [0.05, 0.1) is 12.1 Å². The molecule has 19 heavy (non-hydrogen) atoms. The lowest BCUT2D eigenvalue weighted by atomic mass is 9.57. The fourth-order valence-electron chi connectivity index (χ4n) is 4.03. The second-order valence-corrected chi connectivity index (χ2v) is 6.65. The monoisotopic (exact) mass is 379 g/mol. The maximum Gasteiger partial charge on any atom is 0.189 e. The van der Waals surface area contributed by atoms with Crippen molar-refractivity contribution >= 4 is 29.9 Å². The van der Waals surface area contributed by atoms with Gasteiger partial charge in [0.1, 0.15) is 0 Å². The van der Waals surface area contributed by atoms with Crippen LogP contribution in [0.5, 0.6) is 0 Å². The minimum absolute atomic E-state index is 0. The third-order valence-corrected chi connectivity index (χ3v) is 5.02. The van der Waals surface area contributed by atoms with Gasteiger partial charge < -0.3 is 15.8 Å². The van der Waals surface area contributed by atoms with Gasteiger partial charge in [-0.25, -0.2) is 4.99 Å². The quantitative estimate of drug-likeness (QED) is 0.440. The Labute approximate surface area is 133 Å². The van der Waals surface area contributed by atoms with E-state index in [1.807, 2.05) is 0 Å². The lowest BCUT2D eigenvalue weighted by Crippen LogP contribution is -2.60. The molecule has 2 aliphatic carbocycles. The summed E-state index contributed by atoms with van der Waals surface area (Å²) in [6.07, 6.45) is 6.64. The highest BCUT2D eigenvalue weighted by atomic mass is 127. The Bertz CT molecular complexity index is 353. The van der Waals surface area contributed by atoms with Crippen LogP contribution in [0.2, 0.25) is 0 Å². The van der Waals surface area contributed by atoms with E-state index in [0.29, 0.717) is 30.1 Å². The lowest BCUT2D eigenvalue weighted by Gasteiger charge is -2.52. The van der Waals surface area contributed by atoms with Gasteiger partial charge in [0.15, 0.2) is 5.96 Å². The number of rotatable bonds is 2. The molecule has 0 radical (unpaired) electrons. The van der Waals surface area contributed by atoms with Crippen molar-refractivity contribution in [2.75, 3.05) is 6.61 Å². The number of hydrogen-bond acceptors (Lipinski definition) is 2. The molecule has 1 aliphatic heterocycles. The number of hydrogen-bond donors (Lipinski definition) is 2. The first kappa shape index (κ1) is 15.4. The summed E-state index contributed by atoms with van der Waals surface area (Å²) >= 11 is 0. The SMILES string of the molecule is CC1(C)C(N=C(N)NC2CCCC2)C2CCOC21.I. The van der Waals surface area contributed by atoms with Crippen LogP contribution in [-0.2, 0) is 4.74 Å². The van der Waals surface area contributed by atoms with Crippen molar-refractivity contribution in [3.8, 4) is 0 Å². The summed E-state index contributed by atoms with van der Waals surface area (Å²) in [7, 11) is 0. The lowest BCUT2D eigenvalue weighted by molar-refractivity contribution is -0.0986. The van der Waals surface area contributed by atoms with Crippen molar-refractivity contribution in [3.63, 3.8) is 0 Å². The van der Waals surface area contributed by atoms with Gasteiger partial charge in [-0.05, 0) is 19.3 Å². The molecule has 3 aliphatic rings. The Hall–Kier alpha value is -0.0400. The Kier molecular flexibility index (Phi) is 4.65. The summed E-state index contributed by atoms with van der Waals surface area (Å²) in [6.45, 7) is 5.38. The number of aliphatic imine (C=N–C) groups is 1. The van der Waals surface area contributed by atoms with Crippen molar-refractivity contribution in [2.45, 2.75) is 64.1 Å². The van der Waals surface area contributed by atoms with Gasteiger partial charge >= 0.3 is 0 Å². The normalized spacial score (nSPS) is 37.4. The van der Waals surface area contributed by atoms with Crippen molar-refractivity contribution < 1.29 is 4.74 Å². The van der Waals surface area contributed by atoms with Crippen LogP contribution in [0.25, 0.3) is 0 Å². The van der Waals surface area contributed by atoms with E-state index in [1.165, 1.54) is 25.7 Å². The fraction of sp³-hybridized carbons (Fsp3) is 0.929. The number of guanidine groups is 1. The zero-order chi connectivity index (χ0) is 12.8. The summed E-state index contributed by atoms with van der Waals surface area (Å²) in [5, 5.41) is 3.38. The van der Waals surface area contributed by atoms with Crippen LogP contribution in [0.15, 0.2) is 4.99 Å². The molecule has 3 unspecified atom stereocenters. The van der Waals surface area contributed by atoms with E-state index >= 15 is 0 Å². The van der Waals surface area contributed by atoms with E-state index in [1.54, 1.807) is 0 Å². The van der Waals surface area contributed by atoms with Crippen LogP contribution >= 0.6 is 24.0 Å². The van der Waals surface area contributed by atoms with E-state index < -0.39 is 0 Å². The number of ether oxygens (including phenoxy) is 1. The molecule has 0 aromatic rings. The zero-order valence-electron chi connectivity index (χ0n) is 11.9. The average Bonchev–Trinajstić information content (AvgIpc) is 2.95. The molecule has 110 valence electrons. The van der Waals surface area contributed by atoms with Crippen LogP contribution < -0.4 is 11.1 Å². The molecule has 3 fully saturated rings. The van der Waals surface area contributed by atoms with Crippen LogP contribution in [0.1, 0.15) is 46.0 Å². The summed E-state index contributed by atoms with van der Waals surface area (Å²) in [4.78, 5) is 4.74. The second kappa shape index (κ2) is 5.76.